The number of amides is 2. The van der Waals surface area contributed by atoms with Crippen molar-refractivity contribution in [2.75, 3.05) is 11.9 Å². The standard InChI is InChI=1S/C29H32N6O6S/c30-29(31)33-22-14-10-20(11-15-22)18-26(36)32-21-12-8-19(9-13-21)17-24(28(38)39)34-27(37)25-7-4-16-35(25)42(40,41)23-5-2-1-3-6-23/h1-3,5-6,8-15,24-25H,4,7,16-18H2,(H,32,36)(H,34,37)(H,38,39)(H4,30,31,33)/t24-,25-/m0/s1. The van der Waals surface area contributed by atoms with Crippen molar-refractivity contribution in [2.24, 2.45) is 16.5 Å². The van der Waals surface area contributed by atoms with Gasteiger partial charge in [0.2, 0.25) is 21.8 Å². The van der Waals surface area contributed by atoms with Crippen molar-refractivity contribution < 1.29 is 27.9 Å². The third-order valence-electron chi connectivity index (χ3n) is 6.71. The zero-order chi connectivity index (χ0) is 30.3. The molecule has 3 aromatic carbocycles. The van der Waals surface area contributed by atoms with Crippen LogP contribution in [0.1, 0.15) is 24.0 Å². The molecule has 0 radical (unpaired) electrons. The van der Waals surface area contributed by atoms with E-state index in [1.165, 1.54) is 12.1 Å². The predicted molar refractivity (Wildman–Crippen MR) is 157 cm³/mol. The molecule has 42 heavy (non-hydrogen) atoms. The number of guanidine groups is 1. The van der Waals surface area contributed by atoms with Crippen LogP contribution in [0.25, 0.3) is 0 Å². The summed E-state index contributed by atoms with van der Waals surface area (Å²) >= 11 is 0. The second kappa shape index (κ2) is 13.3. The molecule has 0 aromatic heterocycles. The first-order chi connectivity index (χ1) is 20.0. The van der Waals surface area contributed by atoms with Gasteiger partial charge in [0.25, 0.3) is 0 Å². The van der Waals surface area contributed by atoms with Gasteiger partial charge in [0.1, 0.15) is 12.1 Å². The number of sulfonamides is 1. The minimum Gasteiger partial charge on any atom is -0.480 e. The number of rotatable bonds is 11. The summed E-state index contributed by atoms with van der Waals surface area (Å²) in [6.07, 6.45) is 0.863. The molecule has 0 spiro atoms. The minimum atomic E-state index is -3.91. The second-order valence-corrected chi connectivity index (χ2v) is 11.7. The molecule has 1 aliphatic heterocycles. The average Bonchev–Trinajstić information content (AvgIpc) is 3.46. The molecular formula is C29H32N6O6S. The summed E-state index contributed by atoms with van der Waals surface area (Å²) in [5.41, 5.74) is 13.2. The number of carbonyl (C=O) groups excluding carboxylic acids is 2. The first kappa shape index (κ1) is 30.2. The van der Waals surface area contributed by atoms with E-state index in [0.29, 0.717) is 29.8 Å². The van der Waals surface area contributed by atoms with Crippen molar-refractivity contribution in [1.82, 2.24) is 9.62 Å². The highest BCUT2D eigenvalue weighted by Crippen LogP contribution is 2.26. The second-order valence-electron chi connectivity index (χ2n) is 9.82. The molecule has 0 bridgehead atoms. The summed E-state index contributed by atoms with van der Waals surface area (Å²) in [6, 6.07) is 19.0. The Morgan fingerprint density at radius 1 is 0.952 bits per heavy atom. The van der Waals surface area contributed by atoms with Gasteiger partial charge in [-0.1, -0.05) is 42.5 Å². The number of aliphatic carboxylic acids is 1. The fraction of sp³-hybridized carbons (Fsp3) is 0.241. The number of hydrogen-bond acceptors (Lipinski definition) is 6. The maximum Gasteiger partial charge on any atom is 0.326 e. The smallest absolute Gasteiger partial charge is 0.326 e. The van der Waals surface area contributed by atoms with E-state index >= 15 is 0 Å². The Hall–Kier alpha value is -4.75. The van der Waals surface area contributed by atoms with Crippen molar-refractivity contribution >= 4 is 45.1 Å². The van der Waals surface area contributed by atoms with Crippen LogP contribution in [-0.4, -0.2) is 60.2 Å². The van der Waals surface area contributed by atoms with E-state index in [0.717, 1.165) is 9.87 Å². The number of nitrogens with two attached hydrogens (primary N) is 2. The zero-order valence-corrected chi connectivity index (χ0v) is 23.5. The van der Waals surface area contributed by atoms with Gasteiger partial charge in [-0.15, -0.1) is 0 Å². The molecule has 2 atom stereocenters. The van der Waals surface area contributed by atoms with Crippen molar-refractivity contribution in [1.29, 1.82) is 0 Å². The first-order valence-electron chi connectivity index (χ1n) is 13.2. The zero-order valence-electron chi connectivity index (χ0n) is 22.6. The van der Waals surface area contributed by atoms with Crippen LogP contribution >= 0.6 is 0 Å². The van der Waals surface area contributed by atoms with Crippen molar-refractivity contribution in [2.45, 2.75) is 42.7 Å². The molecule has 12 nitrogen and oxygen atoms in total. The molecular weight excluding hydrogens is 560 g/mol. The van der Waals surface area contributed by atoms with Crippen LogP contribution in [0.5, 0.6) is 0 Å². The lowest BCUT2D eigenvalue weighted by molar-refractivity contribution is -0.142. The SMILES string of the molecule is NC(N)=Nc1ccc(CC(=O)Nc2ccc(C[C@H](NC(=O)[C@@H]3CCCN3S(=O)(=O)c3ccccc3)C(=O)O)cc2)cc1. The number of nitrogens with zero attached hydrogens (tertiary/aromatic N) is 2. The largest absolute Gasteiger partial charge is 0.480 e. The van der Waals surface area contributed by atoms with Crippen LogP contribution < -0.4 is 22.1 Å². The molecule has 4 rings (SSSR count). The maximum atomic E-state index is 13.1. The third kappa shape index (κ3) is 7.71. The lowest BCUT2D eigenvalue weighted by atomic mass is 10.0. The van der Waals surface area contributed by atoms with E-state index in [4.69, 9.17) is 11.5 Å². The number of carbonyl (C=O) groups is 3. The highest BCUT2D eigenvalue weighted by molar-refractivity contribution is 7.89. The predicted octanol–water partition coefficient (Wildman–Crippen LogP) is 1.74. The fourth-order valence-electron chi connectivity index (χ4n) is 4.67. The number of hydrogen-bond donors (Lipinski definition) is 5. The summed E-state index contributed by atoms with van der Waals surface area (Å²) in [5, 5.41) is 15.1. The van der Waals surface area contributed by atoms with Crippen LogP contribution in [0.2, 0.25) is 0 Å². The molecule has 0 saturated carbocycles. The number of carboxylic acids is 1. The van der Waals surface area contributed by atoms with Crippen LogP contribution in [-0.2, 0) is 37.2 Å². The molecule has 1 saturated heterocycles. The van der Waals surface area contributed by atoms with E-state index in [-0.39, 0.29) is 36.1 Å². The summed E-state index contributed by atoms with van der Waals surface area (Å²) in [6.45, 7) is 0.170. The van der Waals surface area contributed by atoms with Gasteiger partial charge < -0.3 is 27.2 Å². The summed E-state index contributed by atoms with van der Waals surface area (Å²) in [5.74, 6) is -2.22. The Balaban J connectivity index is 1.35. The van der Waals surface area contributed by atoms with E-state index in [1.54, 1.807) is 66.7 Å². The number of nitrogens with one attached hydrogen (secondary N) is 2. The number of aliphatic imine (C=N–C) groups is 1. The van der Waals surface area contributed by atoms with Crippen LogP contribution in [0.3, 0.4) is 0 Å². The molecule has 1 fully saturated rings. The van der Waals surface area contributed by atoms with E-state index in [9.17, 15) is 27.9 Å². The van der Waals surface area contributed by atoms with Crippen LogP contribution in [0.4, 0.5) is 11.4 Å². The van der Waals surface area contributed by atoms with Gasteiger partial charge in [0.05, 0.1) is 17.0 Å². The number of carboxylic acid groups (broad SMARTS) is 1. The molecule has 1 aliphatic rings. The topological polar surface area (TPSA) is 197 Å². The Kier molecular flexibility index (Phi) is 9.55. The molecule has 13 heteroatoms. The summed E-state index contributed by atoms with van der Waals surface area (Å²) in [4.78, 5) is 41.6. The first-order valence-corrected chi connectivity index (χ1v) is 14.6. The fourth-order valence-corrected chi connectivity index (χ4v) is 6.35. The highest BCUT2D eigenvalue weighted by atomic mass is 32.2. The Bertz CT molecular complexity index is 1560. The quantitative estimate of drug-likeness (QED) is 0.164. The average molecular weight is 593 g/mol. The monoisotopic (exact) mass is 592 g/mol. The summed E-state index contributed by atoms with van der Waals surface area (Å²) < 4.78 is 27.3. The van der Waals surface area contributed by atoms with Gasteiger partial charge in [-0.25, -0.2) is 18.2 Å². The van der Waals surface area contributed by atoms with E-state index in [2.05, 4.69) is 15.6 Å². The summed E-state index contributed by atoms with van der Waals surface area (Å²) in [7, 11) is -3.91. The van der Waals surface area contributed by atoms with E-state index < -0.39 is 34.0 Å². The van der Waals surface area contributed by atoms with E-state index in [1.807, 2.05) is 0 Å². The Morgan fingerprint density at radius 3 is 2.21 bits per heavy atom. The highest BCUT2D eigenvalue weighted by Gasteiger charge is 2.40. The Labute approximate surface area is 243 Å². The normalized spacial score (nSPS) is 15.9. The molecule has 3 aromatic rings. The minimum absolute atomic E-state index is 0.0321. The van der Waals surface area contributed by atoms with Crippen molar-refractivity contribution in [3.05, 3.63) is 90.0 Å². The lowest BCUT2D eigenvalue weighted by Gasteiger charge is -2.25. The third-order valence-corrected chi connectivity index (χ3v) is 8.63. The van der Waals surface area contributed by atoms with Crippen molar-refractivity contribution in [3.63, 3.8) is 0 Å². The van der Waals surface area contributed by atoms with Gasteiger partial charge in [0, 0.05) is 18.7 Å². The van der Waals surface area contributed by atoms with Gasteiger partial charge >= 0.3 is 5.97 Å². The molecule has 220 valence electrons. The lowest BCUT2D eigenvalue weighted by Crippen LogP contribution is -2.51. The van der Waals surface area contributed by atoms with Gasteiger partial charge in [-0.2, -0.15) is 4.31 Å². The van der Waals surface area contributed by atoms with Gasteiger partial charge in [-0.3, -0.25) is 9.59 Å². The molecule has 7 N–H and O–H groups in total. The Morgan fingerprint density at radius 2 is 1.60 bits per heavy atom. The van der Waals surface area contributed by atoms with Crippen molar-refractivity contribution in [3.8, 4) is 0 Å². The van der Waals surface area contributed by atoms with Crippen LogP contribution in [0, 0.1) is 0 Å². The van der Waals surface area contributed by atoms with Gasteiger partial charge in [-0.05, 0) is 60.4 Å². The molecule has 1 heterocycles. The number of benzene rings is 3. The number of anilines is 1. The van der Waals surface area contributed by atoms with Gasteiger partial charge in [0.15, 0.2) is 5.96 Å². The van der Waals surface area contributed by atoms with Crippen LogP contribution in [0.15, 0.2) is 88.8 Å². The maximum absolute atomic E-state index is 13.1. The molecule has 2 amide bonds. The molecule has 0 unspecified atom stereocenters. The molecule has 0 aliphatic carbocycles.